The van der Waals surface area contributed by atoms with Crippen LogP contribution in [0.1, 0.15) is 39.2 Å². The Hall–Kier alpha value is -2.47. The summed E-state index contributed by atoms with van der Waals surface area (Å²) in [5, 5.41) is 4.04. The fraction of sp³-hybridized carbons (Fsp3) is 0.350. The molecule has 1 N–H and O–H groups in total. The predicted octanol–water partition coefficient (Wildman–Crippen LogP) is 4.50. The van der Waals surface area contributed by atoms with Gasteiger partial charge < -0.3 is 10.2 Å². The maximum Gasteiger partial charge on any atom is 0.266 e. The monoisotopic (exact) mass is 368 g/mol. The molecule has 5 nitrogen and oxygen atoms in total. The molecule has 1 aromatic carbocycles. The van der Waals surface area contributed by atoms with Gasteiger partial charge in [-0.15, -0.1) is 11.3 Å². The highest BCUT2D eigenvalue weighted by Gasteiger charge is 2.19. The number of aromatic nitrogens is 2. The quantitative estimate of drug-likeness (QED) is 0.737. The Bertz CT molecular complexity index is 991. The first-order valence-corrected chi connectivity index (χ1v) is 9.49. The molecule has 0 aliphatic heterocycles. The summed E-state index contributed by atoms with van der Waals surface area (Å²) in [6.07, 6.45) is 0.784. The number of carbonyl (C=O) groups excluding carboxylic acids is 1. The van der Waals surface area contributed by atoms with Gasteiger partial charge in [-0.25, -0.2) is 9.97 Å². The van der Waals surface area contributed by atoms with Crippen LogP contribution in [0.4, 0.5) is 11.4 Å². The molecule has 2 heterocycles. The highest BCUT2D eigenvalue weighted by Crippen LogP contribution is 2.32. The first-order valence-electron chi connectivity index (χ1n) is 8.67. The molecule has 136 valence electrons. The van der Waals surface area contributed by atoms with E-state index in [1.807, 2.05) is 58.8 Å². The molecular weight excluding hydrogens is 344 g/mol. The second kappa shape index (κ2) is 7.03. The zero-order valence-corrected chi connectivity index (χ0v) is 16.9. The molecule has 0 aliphatic carbocycles. The van der Waals surface area contributed by atoms with Crippen molar-refractivity contribution in [2.45, 2.75) is 34.1 Å². The number of amides is 1. The summed E-state index contributed by atoms with van der Waals surface area (Å²) < 4.78 is 0. The van der Waals surface area contributed by atoms with Crippen molar-refractivity contribution in [2.75, 3.05) is 24.3 Å². The van der Waals surface area contributed by atoms with E-state index >= 15 is 0 Å². The second-order valence-electron chi connectivity index (χ2n) is 6.66. The van der Waals surface area contributed by atoms with Gasteiger partial charge in [0.15, 0.2) is 0 Å². The van der Waals surface area contributed by atoms with Gasteiger partial charge >= 0.3 is 0 Å². The standard InChI is InChI=1S/C20H24N4OS/c1-7-16-21-13(4)17-12(3)18(26-20(17)23-16)19(25)22-15-9-8-14(24(5)6)10-11(15)2/h8-10H,7H2,1-6H3,(H,22,25). The van der Waals surface area contributed by atoms with Crippen molar-refractivity contribution < 1.29 is 4.79 Å². The minimum atomic E-state index is -0.0938. The van der Waals surface area contributed by atoms with Crippen molar-refractivity contribution in [3.05, 3.63) is 45.7 Å². The lowest BCUT2D eigenvalue weighted by Crippen LogP contribution is -2.13. The smallest absolute Gasteiger partial charge is 0.266 e. The number of benzene rings is 1. The number of hydrogen-bond acceptors (Lipinski definition) is 5. The predicted molar refractivity (Wildman–Crippen MR) is 110 cm³/mol. The zero-order chi connectivity index (χ0) is 19.0. The van der Waals surface area contributed by atoms with Crippen LogP contribution < -0.4 is 10.2 Å². The van der Waals surface area contributed by atoms with Crippen LogP contribution in [0.2, 0.25) is 0 Å². The Kier molecular flexibility index (Phi) is 4.96. The molecule has 1 amide bonds. The molecule has 6 heteroatoms. The number of fused-ring (bicyclic) bond motifs is 1. The third-order valence-corrected chi connectivity index (χ3v) is 5.70. The van der Waals surface area contributed by atoms with E-state index in [4.69, 9.17) is 0 Å². The summed E-state index contributed by atoms with van der Waals surface area (Å²) in [6, 6.07) is 6.02. The number of carbonyl (C=O) groups is 1. The molecule has 0 fully saturated rings. The maximum absolute atomic E-state index is 12.9. The molecule has 0 unspecified atom stereocenters. The van der Waals surface area contributed by atoms with E-state index in [1.165, 1.54) is 11.3 Å². The van der Waals surface area contributed by atoms with E-state index in [0.717, 1.165) is 50.7 Å². The fourth-order valence-electron chi connectivity index (χ4n) is 3.01. The lowest BCUT2D eigenvalue weighted by atomic mass is 10.1. The van der Waals surface area contributed by atoms with Crippen LogP contribution in [0.5, 0.6) is 0 Å². The third-order valence-electron chi connectivity index (χ3n) is 4.51. The summed E-state index contributed by atoms with van der Waals surface area (Å²) >= 11 is 1.44. The summed E-state index contributed by atoms with van der Waals surface area (Å²) in [5.41, 5.74) is 4.86. The van der Waals surface area contributed by atoms with Gasteiger partial charge in [0.2, 0.25) is 0 Å². The van der Waals surface area contributed by atoms with Crippen molar-refractivity contribution >= 4 is 38.8 Å². The number of aryl methyl sites for hydroxylation is 4. The molecule has 0 radical (unpaired) electrons. The molecule has 0 aliphatic rings. The largest absolute Gasteiger partial charge is 0.378 e. The first-order chi connectivity index (χ1) is 12.3. The molecular formula is C20H24N4OS. The summed E-state index contributed by atoms with van der Waals surface area (Å²) in [4.78, 5) is 25.6. The molecule has 0 bridgehead atoms. The average Bonchev–Trinajstić information content (AvgIpc) is 2.93. The highest BCUT2D eigenvalue weighted by molar-refractivity contribution is 7.20. The normalized spacial score (nSPS) is 11.0. The number of thiophene rings is 1. The van der Waals surface area contributed by atoms with Crippen molar-refractivity contribution in [3.63, 3.8) is 0 Å². The van der Waals surface area contributed by atoms with Gasteiger partial charge in [-0.2, -0.15) is 0 Å². The Morgan fingerprint density at radius 2 is 1.92 bits per heavy atom. The van der Waals surface area contributed by atoms with Crippen molar-refractivity contribution in [3.8, 4) is 0 Å². The van der Waals surface area contributed by atoms with Gasteiger partial charge in [-0.3, -0.25) is 4.79 Å². The zero-order valence-electron chi connectivity index (χ0n) is 16.1. The van der Waals surface area contributed by atoms with E-state index < -0.39 is 0 Å². The van der Waals surface area contributed by atoms with E-state index in [9.17, 15) is 4.79 Å². The van der Waals surface area contributed by atoms with Crippen LogP contribution in [0.25, 0.3) is 10.2 Å². The van der Waals surface area contributed by atoms with E-state index in [-0.39, 0.29) is 5.91 Å². The Balaban J connectivity index is 1.96. The number of nitrogens with zero attached hydrogens (tertiary/aromatic N) is 3. The van der Waals surface area contributed by atoms with E-state index in [0.29, 0.717) is 4.88 Å². The first kappa shape index (κ1) is 18.3. The lowest BCUT2D eigenvalue weighted by molar-refractivity contribution is 0.103. The van der Waals surface area contributed by atoms with Crippen molar-refractivity contribution in [2.24, 2.45) is 0 Å². The van der Waals surface area contributed by atoms with Gasteiger partial charge in [-0.05, 0) is 50.1 Å². The lowest BCUT2D eigenvalue weighted by Gasteiger charge is -2.15. The topological polar surface area (TPSA) is 58.1 Å². The summed E-state index contributed by atoms with van der Waals surface area (Å²) in [5.74, 6) is 0.724. The molecule has 3 aromatic rings. The van der Waals surface area contributed by atoms with Gasteiger partial charge in [0.1, 0.15) is 10.7 Å². The van der Waals surface area contributed by atoms with Gasteiger partial charge in [0.25, 0.3) is 5.91 Å². The highest BCUT2D eigenvalue weighted by atomic mass is 32.1. The second-order valence-corrected chi connectivity index (χ2v) is 7.66. The van der Waals surface area contributed by atoms with Crippen LogP contribution in [0.3, 0.4) is 0 Å². The number of hydrogen-bond donors (Lipinski definition) is 1. The summed E-state index contributed by atoms with van der Waals surface area (Å²) in [7, 11) is 4.00. The van der Waals surface area contributed by atoms with E-state index in [2.05, 4.69) is 21.4 Å². The van der Waals surface area contributed by atoms with Gasteiger partial charge in [0.05, 0.1) is 4.88 Å². The molecule has 3 rings (SSSR count). The van der Waals surface area contributed by atoms with Crippen LogP contribution in [-0.4, -0.2) is 30.0 Å². The summed E-state index contributed by atoms with van der Waals surface area (Å²) in [6.45, 7) is 7.99. The van der Waals surface area contributed by atoms with Crippen LogP contribution in [-0.2, 0) is 6.42 Å². The Labute approximate surface area is 158 Å². The minimum Gasteiger partial charge on any atom is -0.378 e. The Morgan fingerprint density at radius 3 is 2.54 bits per heavy atom. The van der Waals surface area contributed by atoms with Crippen LogP contribution in [0, 0.1) is 20.8 Å². The van der Waals surface area contributed by atoms with Gasteiger partial charge in [-0.1, -0.05) is 6.92 Å². The van der Waals surface area contributed by atoms with Crippen molar-refractivity contribution in [1.29, 1.82) is 0 Å². The van der Waals surface area contributed by atoms with Crippen LogP contribution in [0.15, 0.2) is 18.2 Å². The average molecular weight is 369 g/mol. The van der Waals surface area contributed by atoms with Gasteiger partial charge in [0, 0.05) is 43.0 Å². The number of anilines is 2. The Morgan fingerprint density at radius 1 is 1.19 bits per heavy atom. The molecule has 26 heavy (non-hydrogen) atoms. The molecule has 0 atom stereocenters. The molecule has 0 saturated heterocycles. The van der Waals surface area contributed by atoms with Crippen LogP contribution >= 0.6 is 11.3 Å². The molecule has 0 saturated carbocycles. The van der Waals surface area contributed by atoms with E-state index in [1.54, 1.807) is 0 Å². The third kappa shape index (κ3) is 3.29. The molecule has 0 spiro atoms. The number of nitrogens with one attached hydrogen (secondary N) is 1. The van der Waals surface area contributed by atoms with Crippen molar-refractivity contribution in [1.82, 2.24) is 9.97 Å². The molecule has 2 aromatic heterocycles. The SMILES string of the molecule is CCc1nc(C)c2c(C)c(C(=O)Nc3ccc(N(C)C)cc3C)sc2n1. The fourth-order valence-corrected chi connectivity index (χ4v) is 4.16. The maximum atomic E-state index is 12.9. The minimum absolute atomic E-state index is 0.0938. The number of rotatable bonds is 4.